The minimum Gasteiger partial charge on any atom is -0.306 e. The summed E-state index contributed by atoms with van der Waals surface area (Å²) >= 11 is 7.47. The number of hydrogen-bond acceptors (Lipinski definition) is 2. The highest BCUT2D eigenvalue weighted by Crippen LogP contribution is 1.97. The topological polar surface area (TPSA) is 3.24 Å². The molecule has 0 atom stereocenters. The molecule has 0 fully saturated rings. The molecule has 0 saturated heterocycles. The summed E-state index contributed by atoms with van der Waals surface area (Å²) < 4.78 is 0. The summed E-state index contributed by atoms with van der Waals surface area (Å²) in [6.45, 7) is 2.39. The van der Waals surface area contributed by atoms with Gasteiger partial charge in [-0.05, 0) is 32.7 Å². The maximum atomic E-state index is 5.57. The van der Waals surface area contributed by atoms with Crippen molar-refractivity contribution in [3.8, 4) is 0 Å². The lowest BCUT2D eigenvalue weighted by Crippen LogP contribution is -2.22. The monoisotopic (exact) mass is 195 g/mol. The van der Waals surface area contributed by atoms with Crippen LogP contribution in [0.3, 0.4) is 0 Å². The van der Waals surface area contributed by atoms with Gasteiger partial charge in [0.05, 0.1) is 0 Å². The fraction of sp³-hybridized carbons (Fsp3) is 1.00. The van der Waals surface area contributed by atoms with Gasteiger partial charge >= 0.3 is 0 Å². The van der Waals surface area contributed by atoms with Crippen LogP contribution >= 0.6 is 23.4 Å². The number of thioether (sulfide) groups is 1. The first-order valence-corrected chi connectivity index (χ1v) is 5.97. The highest BCUT2D eigenvalue weighted by atomic mass is 35.5. The van der Waals surface area contributed by atoms with Crippen molar-refractivity contribution in [3.05, 3.63) is 0 Å². The van der Waals surface area contributed by atoms with E-state index in [1.165, 1.54) is 25.3 Å². The third-order valence-electron chi connectivity index (χ3n) is 1.60. The van der Waals surface area contributed by atoms with E-state index >= 15 is 0 Å². The highest BCUT2D eigenvalue weighted by molar-refractivity contribution is 7.98. The molecule has 0 aromatic heterocycles. The maximum Gasteiger partial charge on any atom is 0.0223 e. The summed E-state index contributed by atoms with van der Waals surface area (Å²) in [5, 5.41) is 0. The van der Waals surface area contributed by atoms with Crippen molar-refractivity contribution in [2.24, 2.45) is 0 Å². The first-order valence-electron chi connectivity index (χ1n) is 4.04. The summed E-state index contributed by atoms with van der Waals surface area (Å²) in [6, 6.07) is 0. The van der Waals surface area contributed by atoms with E-state index in [2.05, 4.69) is 18.2 Å². The quantitative estimate of drug-likeness (QED) is 0.453. The van der Waals surface area contributed by atoms with Crippen LogP contribution in [-0.4, -0.2) is 42.9 Å². The number of unbranched alkanes of at least 4 members (excludes halogenated alkanes) is 1. The second-order valence-electron chi connectivity index (χ2n) is 2.69. The molecule has 1 nitrogen and oxygen atoms in total. The van der Waals surface area contributed by atoms with E-state index in [1.807, 2.05) is 11.8 Å². The molecule has 0 N–H and O–H groups in total. The zero-order chi connectivity index (χ0) is 8.53. The van der Waals surface area contributed by atoms with Gasteiger partial charge in [0, 0.05) is 18.2 Å². The van der Waals surface area contributed by atoms with E-state index in [9.17, 15) is 0 Å². The molecule has 0 radical (unpaired) electrons. The van der Waals surface area contributed by atoms with E-state index in [0.29, 0.717) is 0 Å². The van der Waals surface area contributed by atoms with Crippen LogP contribution in [0.1, 0.15) is 12.8 Å². The second kappa shape index (κ2) is 8.69. The first kappa shape index (κ1) is 11.6. The van der Waals surface area contributed by atoms with Crippen LogP contribution in [0.2, 0.25) is 0 Å². The van der Waals surface area contributed by atoms with Crippen LogP contribution in [0.25, 0.3) is 0 Å². The Morgan fingerprint density at radius 1 is 1.27 bits per heavy atom. The van der Waals surface area contributed by atoms with Crippen molar-refractivity contribution < 1.29 is 0 Å². The van der Waals surface area contributed by atoms with Crippen molar-refractivity contribution in [1.82, 2.24) is 4.90 Å². The number of halogens is 1. The van der Waals surface area contributed by atoms with Crippen molar-refractivity contribution in [1.29, 1.82) is 0 Å². The van der Waals surface area contributed by atoms with Gasteiger partial charge in [-0.3, -0.25) is 0 Å². The normalized spacial score (nSPS) is 10.9. The molecule has 0 aliphatic heterocycles. The van der Waals surface area contributed by atoms with Gasteiger partial charge in [0.2, 0.25) is 0 Å². The maximum absolute atomic E-state index is 5.57. The largest absolute Gasteiger partial charge is 0.306 e. The molecule has 0 unspecified atom stereocenters. The first-order chi connectivity index (χ1) is 5.31. The molecule has 0 aliphatic carbocycles. The van der Waals surface area contributed by atoms with Gasteiger partial charge in [-0.15, -0.1) is 11.6 Å². The summed E-state index contributed by atoms with van der Waals surface area (Å²) in [4.78, 5) is 2.36. The average molecular weight is 196 g/mol. The smallest absolute Gasteiger partial charge is 0.0223 e. The number of rotatable bonds is 7. The SMILES string of the molecule is CSCCN(C)CCCCCl. The van der Waals surface area contributed by atoms with Gasteiger partial charge in [-0.1, -0.05) is 0 Å². The number of nitrogens with zero attached hydrogens (tertiary/aromatic N) is 1. The molecule has 0 aromatic carbocycles. The Hall–Kier alpha value is 0.600. The summed E-state index contributed by atoms with van der Waals surface area (Å²) in [7, 11) is 2.17. The second-order valence-corrected chi connectivity index (χ2v) is 4.06. The van der Waals surface area contributed by atoms with Gasteiger partial charge in [0.25, 0.3) is 0 Å². The molecule has 0 rings (SSSR count). The van der Waals surface area contributed by atoms with Crippen LogP contribution in [0.15, 0.2) is 0 Å². The molecule has 0 bridgehead atoms. The lowest BCUT2D eigenvalue weighted by Gasteiger charge is -2.14. The van der Waals surface area contributed by atoms with Gasteiger partial charge < -0.3 is 4.90 Å². The molecular formula is C8H18ClNS. The third-order valence-corrected chi connectivity index (χ3v) is 2.46. The van der Waals surface area contributed by atoms with Gasteiger partial charge in [0.1, 0.15) is 0 Å². The molecule has 0 amide bonds. The van der Waals surface area contributed by atoms with Crippen LogP contribution in [0.5, 0.6) is 0 Å². The van der Waals surface area contributed by atoms with Crippen molar-refractivity contribution in [2.45, 2.75) is 12.8 Å². The molecule has 11 heavy (non-hydrogen) atoms. The third kappa shape index (κ3) is 8.51. The van der Waals surface area contributed by atoms with E-state index < -0.39 is 0 Å². The lowest BCUT2D eigenvalue weighted by atomic mass is 10.3. The Kier molecular flexibility index (Phi) is 9.17. The molecule has 0 aromatic rings. The molecular weight excluding hydrogens is 178 g/mol. The van der Waals surface area contributed by atoms with Crippen molar-refractivity contribution >= 4 is 23.4 Å². The summed E-state index contributed by atoms with van der Waals surface area (Å²) in [6.07, 6.45) is 4.52. The number of hydrogen-bond donors (Lipinski definition) is 0. The molecule has 0 heterocycles. The molecule has 0 saturated carbocycles. The Balaban J connectivity index is 3.02. The average Bonchev–Trinajstić information content (AvgIpc) is 2.01. The highest BCUT2D eigenvalue weighted by Gasteiger charge is 1.95. The zero-order valence-electron chi connectivity index (χ0n) is 7.48. The minimum atomic E-state index is 0.802. The standard InChI is InChI=1S/C8H18ClNS/c1-10(7-8-11-2)6-4-3-5-9/h3-8H2,1-2H3. The van der Waals surface area contributed by atoms with Crippen molar-refractivity contribution in [2.75, 3.05) is 38.0 Å². The predicted molar refractivity (Wildman–Crippen MR) is 55.8 cm³/mol. The van der Waals surface area contributed by atoms with Gasteiger partial charge in [-0.25, -0.2) is 0 Å². The Morgan fingerprint density at radius 3 is 2.55 bits per heavy atom. The van der Waals surface area contributed by atoms with E-state index in [-0.39, 0.29) is 0 Å². The van der Waals surface area contributed by atoms with E-state index in [4.69, 9.17) is 11.6 Å². The number of alkyl halides is 1. The molecule has 0 aliphatic rings. The van der Waals surface area contributed by atoms with Crippen LogP contribution in [0, 0.1) is 0 Å². The summed E-state index contributed by atoms with van der Waals surface area (Å²) in [5.74, 6) is 2.04. The predicted octanol–water partition coefficient (Wildman–Crippen LogP) is 2.30. The van der Waals surface area contributed by atoms with Gasteiger partial charge in [-0.2, -0.15) is 11.8 Å². The minimum absolute atomic E-state index is 0.802. The Labute approximate surface area is 79.5 Å². The van der Waals surface area contributed by atoms with Crippen molar-refractivity contribution in [3.63, 3.8) is 0 Å². The fourth-order valence-corrected chi connectivity index (χ4v) is 1.52. The molecule has 3 heteroatoms. The molecule has 0 spiro atoms. The zero-order valence-corrected chi connectivity index (χ0v) is 9.05. The lowest BCUT2D eigenvalue weighted by molar-refractivity contribution is 0.349. The van der Waals surface area contributed by atoms with E-state index in [0.717, 1.165) is 12.3 Å². The van der Waals surface area contributed by atoms with E-state index in [1.54, 1.807) is 0 Å². The molecule has 68 valence electrons. The van der Waals surface area contributed by atoms with Crippen LogP contribution in [0.4, 0.5) is 0 Å². The summed E-state index contributed by atoms with van der Waals surface area (Å²) in [5.41, 5.74) is 0. The van der Waals surface area contributed by atoms with Crippen LogP contribution in [-0.2, 0) is 0 Å². The fourth-order valence-electron chi connectivity index (χ4n) is 0.835. The van der Waals surface area contributed by atoms with Crippen LogP contribution < -0.4 is 0 Å². The Bertz CT molecular complexity index is 80.5. The Morgan fingerprint density at radius 2 is 2.00 bits per heavy atom. The van der Waals surface area contributed by atoms with Gasteiger partial charge in [0.15, 0.2) is 0 Å².